The van der Waals surface area contributed by atoms with E-state index in [-0.39, 0.29) is 0 Å². The summed E-state index contributed by atoms with van der Waals surface area (Å²) >= 11 is 5.04. The van der Waals surface area contributed by atoms with Gasteiger partial charge in [0.25, 0.3) is 0 Å². The molecule has 2 nitrogen and oxygen atoms in total. The molecule has 1 heterocycles. The Labute approximate surface area is 82.3 Å². The third-order valence-electron chi connectivity index (χ3n) is 1.74. The molecule has 0 radical (unpaired) electrons. The molecule has 2 rings (SSSR count). The minimum Gasteiger partial charge on any atom is -0.398 e. The van der Waals surface area contributed by atoms with Crippen LogP contribution in [-0.2, 0) is 0 Å². The second-order valence-electron chi connectivity index (χ2n) is 2.53. The van der Waals surface area contributed by atoms with Crippen LogP contribution in [0, 0.1) is 0 Å². The van der Waals surface area contributed by atoms with Crippen molar-refractivity contribution < 1.29 is 0 Å². The van der Waals surface area contributed by atoms with Crippen LogP contribution in [0.1, 0.15) is 0 Å². The van der Waals surface area contributed by atoms with Crippen molar-refractivity contribution in [3.05, 3.63) is 22.0 Å². The number of rotatable bonds is 0. The number of anilines is 2. The van der Waals surface area contributed by atoms with Gasteiger partial charge in [-0.2, -0.15) is 0 Å². The quantitative estimate of drug-likeness (QED) is 0.699. The Morgan fingerprint density at radius 2 is 1.92 bits per heavy atom. The van der Waals surface area contributed by atoms with E-state index in [4.69, 9.17) is 11.5 Å². The molecule has 1 aromatic carbocycles. The zero-order valence-corrected chi connectivity index (χ0v) is 8.58. The predicted octanol–water partition coefficient (Wildman–Crippen LogP) is 2.83. The molecule has 0 unspecified atom stereocenters. The molecule has 0 saturated carbocycles. The molecule has 0 saturated heterocycles. The Hall–Kier alpha value is -0.740. The van der Waals surface area contributed by atoms with Crippen LogP contribution >= 0.6 is 27.3 Å². The van der Waals surface area contributed by atoms with Crippen molar-refractivity contribution in [2.75, 3.05) is 11.5 Å². The van der Waals surface area contributed by atoms with Crippen LogP contribution in [0.4, 0.5) is 11.4 Å². The SMILES string of the molecule is Nc1ccc2scc(N)c2c1Br. The molecule has 0 aliphatic heterocycles. The van der Waals surface area contributed by atoms with Gasteiger partial charge < -0.3 is 11.5 Å². The summed E-state index contributed by atoms with van der Waals surface area (Å²) in [4.78, 5) is 0. The van der Waals surface area contributed by atoms with Crippen molar-refractivity contribution in [2.45, 2.75) is 0 Å². The number of thiophene rings is 1. The van der Waals surface area contributed by atoms with E-state index in [1.54, 1.807) is 11.3 Å². The maximum absolute atomic E-state index is 5.77. The van der Waals surface area contributed by atoms with Gasteiger partial charge in [0.1, 0.15) is 0 Å². The first-order valence-electron chi connectivity index (χ1n) is 3.41. The zero-order valence-electron chi connectivity index (χ0n) is 6.17. The van der Waals surface area contributed by atoms with Gasteiger partial charge in [0.2, 0.25) is 0 Å². The highest BCUT2D eigenvalue weighted by Crippen LogP contribution is 2.37. The van der Waals surface area contributed by atoms with Crippen molar-refractivity contribution >= 4 is 48.7 Å². The Morgan fingerprint density at radius 3 is 2.67 bits per heavy atom. The highest BCUT2D eigenvalue weighted by Gasteiger charge is 2.06. The van der Waals surface area contributed by atoms with Crippen LogP contribution in [0.15, 0.2) is 22.0 Å². The summed E-state index contributed by atoms with van der Waals surface area (Å²) in [7, 11) is 0. The summed E-state index contributed by atoms with van der Waals surface area (Å²) < 4.78 is 2.06. The molecule has 1 aromatic heterocycles. The summed E-state index contributed by atoms with van der Waals surface area (Å²) in [5.74, 6) is 0. The van der Waals surface area contributed by atoms with Gasteiger partial charge in [-0.3, -0.25) is 0 Å². The van der Waals surface area contributed by atoms with Crippen molar-refractivity contribution in [1.29, 1.82) is 0 Å². The standard InChI is InChI=1S/C8H7BrN2S/c9-8-4(10)1-2-6-7(8)5(11)3-12-6/h1-3H,10-11H2. The van der Waals surface area contributed by atoms with Crippen molar-refractivity contribution in [3.8, 4) is 0 Å². The average Bonchev–Trinajstić information content (AvgIpc) is 2.41. The van der Waals surface area contributed by atoms with Crippen molar-refractivity contribution in [1.82, 2.24) is 0 Å². The summed E-state index contributed by atoms with van der Waals surface area (Å²) in [6.45, 7) is 0. The van der Waals surface area contributed by atoms with E-state index in [2.05, 4.69) is 15.9 Å². The Balaban J connectivity index is 2.96. The normalized spacial score (nSPS) is 10.8. The van der Waals surface area contributed by atoms with Gasteiger partial charge >= 0.3 is 0 Å². The average molecular weight is 243 g/mol. The Morgan fingerprint density at radius 1 is 1.17 bits per heavy atom. The third kappa shape index (κ3) is 0.990. The second kappa shape index (κ2) is 2.64. The van der Waals surface area contributed by atoms with Gasteiger partial charge in [-0.15, -0.1) is 11.3 Å². The van der Waals surface area contributed by atoms with Crippen LogP contribution in [-0.4, -0.2) is 0 Å². The summed E-state index contributed by atoms with van der Waals surface area (Å²) in [5, 5.41) is 2.95. The molecule has 4 heteroatoms. The molecular weight excluding hydrogens is 236 g/mol. The van der Waals surface area contributed by atoms with Crippen molar-refractivity contribution in [3.63, 3.8) is 0 Å². The van der Waals surface area contributed by atoms with Crippen LogP contribution in [0.2, 0.25) is 0 Å². The smallest absolute Gasteiger partial charge is 0.0515 e. The molecule has 0 spiro atoms. The first-order valence-corrected chi connectivity index (χ1v) is 5.08. The minimum absolute atomic E-state index is 0.729. The monoisotopic (exact) mass is 242 g/mol. The highest BCUT2D eigenvalue weighted by atomic mass is 79.9. The molecule has 0 amide bonds. The lowest BCUT2D eigenvalue weighted by atomic mass is 10.2. The molecule has 12 heavy (non-hydrogen) atoms. The van der Waals surface area contributed by atoms with E-state index in [0.29, 0.717) is 0 Å². The fourth-order valence-electron chi connectivity index (χ4n) is 1.13. The number of halogens is 1. The van der Waals surface area contributed by atoms with Gasteiger partial charge in [-0.05, 0) is 28.1 Å². The minimum atomic E-state index is 0.729. The molecule has 0 aliphatic rings. The fourth-order valence-corrected chi connectivity index (χ4v) is 2.69. The molecule has 62 valence electrons. The van der Waals surface area contributed by atoms with Gasteiger partial charge in [-0.25, -0.2) is 0 Å². The maximum atomic E-state index is 5.77. The fraction of sp³-hybridized carbons (Fsp3) is 0. The maximum Gasteiger partial charge on any atom is 0.0515 e. The summed E-state index contributed by atoms with van der Waals surface area (Å²) in [6.07, 6.45) is 0. The van der Waals surface area contributed by atoms with E-state index in [1.165, 1.54) is 0 Å². The highest BCUT2D eigenvalue weighted by molar-refractivity contribution is 9.10. The van der Waals surface area contributed by atoms with E-state index >= 15 is 0 Å². The van der Waals surface area contributed by atoms with Gasteiger partial charge in [-0.1, -0.05) is 0 Å². The number of fused-ring (bicyclic) bond motifs is 1. The third-order valence-corrected chi connectivity index (χ3v) is 3.56. The number of hydrogen-bond acceptors (Lipinski definition) is 3. The van der Waals surface area contributed by atoms with E-state index < -0.39 is 0 Å². The number of benzene rings is 1. The number of nitrogen functional groups attached to an aromatic ring is 2. The van der Waals surface area contributed by atoms with E-state index in [0.717, 1.165) is 25.9 Å². The van der Waals surface area contributed by atoms with Crippen LogP contribution in [0.25, 0.3) is 10.1 Å². The molecular formula is C8H7BrN2S. The molecule has 0 fully saturated rings. The summed E-state index contributed by atoms with van der Waals surface area (Å²) in [6, 6.07) is 3.86. The molecule has 2 aromatic rings. The lowest BCUT2D eigenvalue weighted by Gasteiger charge is -1.99. The Kier molecular flexibility index (Phi) is 1.73. The molecule has 0 aliphatic carbocycles. The zero-order chi connectivity index (χ0) is 8.72. The van der Waals surface area contributed by atoms with Crippen LogP contribution in [0.3, 0.4) is 0 Å². The largest absolute Gasteiger partial charge is 0.398 e. The van der Waals surface area contributed by atoms with Crippen LogP contribution < -0.4 is 11.5 Å². The van der Waals surface area contributed by atoms with Crippen molar-refractivity contribution in [2.24, 2.45) is 0 Å². The summed E-state index contributed by atoms with van der Waals surface area (Å²) in [5.41, 5.74) is 13.0. The molecule has 4 N–H and O–H groups in total. The second-order valence-corrected chi connectivity index (χ2v) is 4.24. The predicted molar refractivity (Wildman–Crippen MR) is 58.3 cm³/mol. The molecule has 0 bridgehead atoms. The molecule has 0 atom stereocenters. The first kappa shape index (κ1) is 7.89. The lowest BCUT2D eigenvalue weighted by Crippen LogP contribution is -1.87. The number of nitrogens with two attached hydrogens (primary N) is 2. The topological polar surface area (TPSA) is 52.0 Å². The van der Waals surface area contributed by atoms with E-state index in [9.17, 15) is 0 Å². The van der Waals surface area contributed by atoms with Gasteiger partial charge in [0, 0.05) is 21.2 Å². The number of hydrogen-bond donors (Lipinski definition) is 2. The van der Waals surface area contributed by atoms with Gasteiger partial charge in [0.05, 0.1) is 10.2 Å². The van der Waals surface area contributed by atoms with Crippen LogP contribution in [0.5, 0.6) is 0 Å². The van der Waals surface area contributed by atoms with Gasteiger partial charge in [0.15, 0.2) is 0 Å². The Bertz CT molecular complexity index is 436. The lowest BCUT2D eigenvalue weighted by molar-refractivity contribution is 1.73. The van der Waals surface area contributed by atoms with E-state index in [1.807, 2.05) is 17.5 Å². The first-order chi connectivity index (χ1) is 5.70.